The minimum atomic E-state index is 0.113. The van der Waals surface area contributed by atoms with Gasteiger partial charge in [-0.15, -0.1) is 0 Å². The summed E-state index contributed by atoms with van der Waals surface area (Å²) in [7, 11) is 0. The molecule has 1 saturated heterocycles. The van der Waals surface area contributed by atoms with Crippen LogP contribution in [0.25, 0.3) is 10.9 Å². The van der Waals surface area contributed by atoms with Crippen LogP contribution in [0.1, 0.15) is 57.2 Å². The normalized spacial score (nSPS) is 18.5. The quantitative estimate of drug-likeness (QED) is 0.418. The van der Waals surface area contributed by atoms with Crippen LogP contribution in [0.2, 0.25) is 0 Å². The van der Waals surface area contributed by atoms with Crippen LogP contribution in [0.4, 0.5) is 0 Å². The Morgan fingerprint density at radius 2 is 2.07 bits per heavy atom. The molecule has 0 spiro atoms. The van der Waals surface area contributed by atoms with Crippen molar-refractivity contribution in [3.05, 3.63) is 35.5 Å². The molecule has 27 heavy (non-hydrogen) atoms. The summed E-state index contributed by atoms with van der Waals surface area (Å²) in [4.78, 5) is 0. The second-order valence-electron chi connectivity index (χ2n) is 7.67. The molecule has 1 aliphatic heterocycles. The predicted molar refractivity (Wildman–Crippen MR) is 114 cm³/mol. The van der Waals surface area contributed by atoms with Gasteiger partial charge >= 0.3 is 0 Å². The van der Waals surface area contributed by atoms with E-state index in [0.29, 0.717) is 5.92 Å². The third-order valence-corrected chi connectivity index (χ3v) is 5.98. The Kier molecular flexibility index (Phi) is 6.32. The lowest BCUT2D eigenvalue weighted by Crippen LogP contribution is -2.43. The van der Waals surface area contributed by atoms with Gasteiger partial charge in [-0.1, -0.05) is 25.5 Å². The molecule has 1 fully saturated rings. The molecule has 1 aliphatic rings. The Morgan fingerprint density at radius 3 is 2.70 bits per heavy atom. The second-order valence-corrected chi connectivity index (χ2v) is 7.67. The lowest BCUT2D eigenvalue weighted by atomic mass is 9.86. The summed E-state index contributed by atoms with van der Waals surface area (Å²) in [5.74, 6) is 0.457. The number of benzene rings is 1. The third kappa shape index (κ3) is 4.24. The summed E-state index contributed by atoms with van der Waals surface area (Å²) in [5.41, 5.74) is 9.81. The van der Waals surface area contributed by atoms with Crippen LogP contribution in [-0.4, -0.2) is 28.7 Å². The van der Waals surface area contributed by atoms with E-state index in [1.54, 1.807) is 0 Å². The lowest BCUT2D eigenvalue weighted by Gasteiger charge is -2.28. The van der Waals surface area contributed by atoms with Crippen molar-refractivity contribution >= 4 is 22.5 Å². The Bertz CT molecular complexity index is 813. The lowest BCUT2D eigenvalue weighted by molar-refractivity contribution is 0.447. The first-order valence-corrected chi connectivity index (χ1v) is 10.3. The first kappa shape index (κ1) is 19.6. The van der Waals surface area contributed by atoms with Crippen LogP contribution in [0.3, 0.4) is 0 Å². The third-order valence-electron chi connectivity index (χ3n) is 5.98. The molecule has 2 aromatic rings. The average Bonchev–Trinajstić information content (AvgIpc) is 3.05. The molecule has 146 valence electrons. The SMILES string of the molecule is CC[C@@H](CCc1cc2ccc(C(=N)N)cc2n1CC)C(=N)C1CCCCN1. The van der Waals surface area contributed by atoms with Crippen molar-refractivity contribution in [2.24, 2.45) is 11.7 Å². The van der Waals surface area contributed by atoms with Gasteiger partial charge < -0.3 is 21.0 Å². The molecule has 3 rings (SSSR count). The number of hydrogen-bond acceptors (Lipinski definition) is 3. The Hall–Kier alpha value is -2.14. The maximum Gasteiger partial charge on any atom is 0.122 e. The molecule has 0 radical (unpaired) electrons. The van der Waals surface area contributed by atoms with Crippen molar-refractivity contribution in [3.8, 4) is 0 Å². The summed E-state index contributed by atoms with van der Waals surface area (Å²) < 4.78 is 2.33. The number of aryl methyl sites for hydroxylation is 2. The van der Waals surface area contributed by atoms with E-state index in [4.69, 9.17) is 16.6 Å². The fraction of sp³-hybridized carbons (Fsp3) is 0.545. The molecule has 0 amide bonds. The molecule has 0 saturated carbocycles. The largest absolute Gasteiger partial charge is 0.384 e. The number of piperidine rings is 1. The van der Waals surface area contributed by atoms with E-state index in [1.807, 2.05) is 12.1 Å². The molecule has 5 nitrogen and oxygen atoms in total. The highest BCUT2D eigenvalue weighted by atomic mass is 15.0. The van der Waals surface area contributed by atoms with Gasteiger partial charge in [0, 0.05) is 35.1 Å². The summed E-state index contributed by atoms with van der Waals surface area (Å²) >= 11 is 0. The fourth-order valence-corrected chi connectivity index (χ4v) is 4.36. The molecule has 2 atom stereocenters. The zero-order valence-corrected chi connectivity index (χ0v) is 16.6. The molecule has 2 heterocycles. The zero-order valence-electron chi connectivity index (χ0n) is 16.6. The van der Waals surface area contributed by atoms with Gasteiger partial charge in [-0.2, -0.15) is 0 Å². The van der Waals surface area contributed by atoms with Crippen molar-refractivity contribution < 1.29 is 0 Å². The topological polar surface area (TPSA) is 90.7 Å². The highest BCUT2D eigenvalue weighted by Gasteiger charge is 2.23. The first-order valence-electron chi connectivity index (χ1n) is 10.3. The maximum atomic E-state index is 8.68. The maximum absolute atomic E-state index is 8.68. The monoisotopic (exact) mass is 367 g/mol. The molecular formula is C22H33N5. The van der Waals surface area contributed by atoms with E-state index in [2.05, 4.69) is 35.9 Å². The summed E-state index contributed by atoms with van der Waals surface area (Å²) in [5, 5.41) is 21.1. The average molecular weight is 368 g/mol. The molecule has 5 N–H and O–H groups in total. The summed E-state index contributed by atoms with van der Waals surface area (Å²) in [6.07, 6.45) is 6.60. The van der Waals surface area contributed by atoms with Gasteiger partial charge in [0.1, 0.15) is 5.84 Å². The number of nitrogen functional groups attached to an aromatic ring is 1. The smallest absolute Gasteiger partial charge is 0.122 e. The van der Waals surface area contributed by atoms with Crippen molar-refractivity contribution in [2.75, 3.05) is 6.54 Å². The molecule has 1 aromatic carbocycles. The van der Waals surface area contributed by atoms with E-state index in [-0.39, 0.29) is 11.9 Å². The van der Waals surface area contributed by atoms with E-state index in [0.717, 1.165) is 55.6 Å². The van der Waals surface area contributed by atoms with E-state index >= 15 is 0 Å². The minimum Gasteiger partial charge on any atom is -0.384 e. The molecule has 5 heteroatoms. The van der Waals surface area contributed by atoms with Gasteiger partial charge in [0.25, 0.3) is 0 Å². The highest BCUT2D eigenvalue weighted by Crippen LogP contribution is 2.25. The number of aromatic nitrogens is 1. The standard InChI is InChI=1S/C22H33N5/c1-3-15(21(23)19-7-5-6-12-26-19)10-11-18-13-16-8-9-17(22(24)25)14-20(16)27(18)4-2/h8-9,13-15,19,23,26H,3-7,10-12H2,1-2H3,(H3,24,25)/t15-,19?/m0/s1. The van der Waals surface area contributed by atoms with Crippen LogP contribution in [0.15, 0.2) is 24.3 Å². The summed E-state index contributed by atoms with van der Waals surface area (Å²) in [6.45, 7) is 6.32. The van der Waals surface area contributed by atoms with E-state index < -0.39 is 0 Å². The summed E-state index contributed by atoms with van der Waals surface area (Å²) in [6, 6.07) is 8.55. The Morgan fingerprint density at radius 1 is 1.26 bits per heavy atom. The highest BCUT2D eigenvalue weighted by molar-refractivity contribution is 5.98. The van der Waals surface area contributed by atoms with Crippen molar-refractivity contribution in [3.63, 3.8) is 0 Å². The van der Waals surface area contributed by atoms with Gasteiger partial charge in [0.05, 0.1) is 0 Å². The van der Waals surface area contributed by atoms with Crippen molar-refractivity contribution in [1.82, 2.24) is 9.88 Å². The van der Waals surface area contributed by atoms with Crippen molar-refractivity contribution in [1.29, 1.82) is 10.8 Å². The number of hydrogen-bond donors (Lipinski definition) is 4. The number of fused-ring (bicyclic) bond motifs is 1. The van der Waals surface area contributed by atoms with E-state index in [1.165, 1.54) is 23.9 Å². The van der Waals surface area contributed by atoms with Crippen molar-refractivity contribution in [2.45, 2.75) is 65.0 Å². The predicted octanol–water partition coefficient (Wildman–Crippen LogP) is 4.07. The molecule has 0 aliphatic carbocycles. The number of rotatable bonds is 8. The first-order chi connectivity index (χ1) is 13.0. The number of nitrogens with one attached hydrogen (secondary N) is 3. The number of nitrogens with two attached hydrogens (primary N) is 1. The molecule has 0 bridgehead atoms. The van der Waals surface area contributed by atoms with Crippen LogP contribution in [-0.2, 0) is 13.0 Å². The zero-order chi connectivity index (χ0) is 19.4. The second kappa shape index (κ2) is 8.70. The Labute approximate surface area is 162 Å². The molecule has 1 aromatic heterocycles. The van der Waals surface area contributed by atoms with Crippen LogP contribution in [0, 0.1) is 16.7 Å². The van der Waals surface area contributed by atoms with E-state index in [9.17, 15) is 0 Å². The van der Waals surface area contributed by atoms with Crippen LogP contribution < -0.4 is 11.1 Å². The van der Waals surface area contributed by atoms with Gasteiger partial charge in [0.2, 0.25) is 0 Å². The van der Waals surface area contributed by atoms with Crippen LogP contribution >= 0.6 is 0 Å². The van der Waals surface area contributed by atoms with Crippen LogP contribution in [0.5, 0.6) is 0 Å². The van der Waals surface area contributed by atoms with Gasteiger partial charge in [-0.25, -0.2) is 0 Å². The van der Waals surface area contributed by atoms with Gasteiger partial charge in [-0.3, -0.25) is 5.41 Å². The van der Waals surface area contributed by atoms with Gasteiger partial charge in [-0.05, 0) is 69.0 Å². The minimum absolute atomic E-state index is 0.113. The van der Waals surface area contributed by atoms with Gasteiger partial charge in [0.15, 0.2) is 0 Å². The number of nitrogens with zero attached hydrogens (tertiary/aromatic N) is 1. The molecular weight excluding hydrogens is 334 g/mol. The number of amidine groups is 1. The molecule has 1 unspecified atom stereocenters. The fourth-order valence-electron chi connectivity index (χ4n) is 4.36. The Balaban J connectivity index is 1.76.